The third-order valence-electron chi connectivity index (χ3n) is 7.43. The quantitative estimate of drug-likeness (QED) is 0.380. The molecule has 0 saturated carbocycles. The monoisotopic (exact) mass is 519 g/mol. The smallest absolute Gasteiger partial charge is 0.172 e. The van der Waals surface area contributed by atoms with Crippen LogP contribution in [0.5, 0.6) is 0 Å². The van der Waals surface area contributed by atoms with E-state index in [0.29, 0.717) is 13.2 Å². The van der Waals surface area contributed by atoms with Gasteiger partial charge in [0.15, 0.2) is 11.6 Å². The van der Waals surface area contributed by atoms with Gasteiger partial charge in [-0.1, -0.05) is 91.0 Å². The van der Waals surface area contributed by atoms with Gasteiger partial charge in [-0.3, -0.25) is 9.59 Å². The van der Waals surface area contributed by atoms with Crippen molar-refractivity contribution >= 4 is 11.6 Å². The minimum atomic E-state index is -0.265. The zero-order valence-electron chi connectivity index (χ0n) is 19.2. The number of ketones is 2. The number of piperidine rings is 1. The van der Waals surface area contributed by atoms with E-state index in [1.165, 1.54) is 0 Å². The number of hydrogen-bond donors (Lipinski definition) is 0. The number of nitrogens with zero attached hydrogens (tertiary/aromatic N) is 1. The van der Waals surface area contributed by atoms with Crippen LogP contribution in [0, 0.1) is 11.8 Å². The van der Waals surface area contributed by atoms with E-state index >= 15 is 0 Å². The zero-order valence-corrected chi connectivity index (χ0v) is 20.8. The van der Waals surface area contributed by atoms with E-state index in [1.807, 2.05) is 78.9 Å². The van der Waals surface area contributed by atoms with E-state index < -0.39 is 0 Å². The van der Waals surface area contributed by atoms with Crippen LogP contribution in [0.4, 0.5) is 0 Å². The highest BCUT2D eigenvalue weighted by Gasteiger charge is 2.52. The number of carbonyl (C=O) groups excluding carboxylic acids is 2. The molecule has 5 heteroatoms. The number of Topliss-reactive ketones (excluding diaryl/α,β-unsaturated/α-hetero) is 2. The lowest BCUT2D eigenvalue weighted by Gasteiger charge is -2.51. The Labute approximate surface area is 211 Å². The molecule has 0 N–H and O–H groups in total. The Morgan fingerprint density at radius 3 is 1.50 bits per heavy atom. The van der Waals surface area contributed by atoms with Crippen LogP contribution < -0.4 is 17.0 Å². The number of hydrogen-bond acceptors (Lipinski definition) is 3. The Hall–Kier alpha value is -2.60. The minimum absolute atomic E-state index is 0. The van der Waals surface area contributed by atoms with E-state index in [1.54, 1.807) is 0 Å². The van der Waals surface area contributed by atoms with Crippen LogP contribution >= 0.6 is 0 Å². The van der Waals surface area contributed by atoms with Gasteiger partial charge < -0.3 is 26.2 Å². The van der Waals surface area contributed by atoms with Crippen molar-refractivity contribution in [3.8, 4) is 0 Å². The summed E-state index contributed by atoms with van der Waals surface area (Å²) in [4.78, 5) is 27.9. The SMILES string of the molecule is O=C(c1ccccc1)C1C[N+]2(CCOCC2)CC(C(=O)c2ccccc2)C1c1ccccc1.[Br-]. The lowest BCUT2D eigenvalue weighted by Crippen LogP contribution is -3.00. The van der Waals surface area contributed by atoms with Crippen LogP contribution in [0.3, 0.4) is 0 Å². The molecule has 0 radical (unpaired) electrons. The number of morpholine rings is 1. The number of benzene rings is 3. The van der Waals surface area contributed by atoms with Gasteiger partial charge in [-0.15, -0.1) is 0 Å². The Morgan fingerprint density at radius 1 is 0.647 bits per heavy atom. The van der Waals surface area contributed by atoms with E-state index in [9.17, 15) is 9.59 Å². The fraction of sp³-hybridized carbons (Fsp3) is 0.310. The molecule has 3 aromatic carbocycles. The first-order valence-corrected chi connectivity index (χ1v) is 11.8. The summed E-state index contributed by atoms with van der Waals surface area (Å²) in [5, 5.41) is 0. The predicted molar refractivity (Wildman–Crippen MR) is 128 cm³/mol. The topological polar surface area (TPSA) is 43.4 Å². The summed E-state index contributed by atoms with van der Waals surface area (Å²) >= 11 is 0. The summed E-state index contributed by atoms with van der Waals surface area (Å²) in [6, 6.07) is 29.3. The second-order valence-corrected chi connectivity index (χ2v) is 9.38. The van der Waals surface area contributed by atoms with Crippen LogP contribution in [0.1, 0.15) is 32.2 Å². The summed E-state index contributed by atoms with van der Waals surface area (Å²) in [6.07, 6.45) is 0. The van der Waals surface area contributed by atoms with E-state index in [0.717, 1.165) is 47.4 Å². The lowest BCUT2D eigenvalue weighted by atomic mass is 9.67. The average molecular weight is 520 g/mol. The average Bonchev–Trinajstić information content (AvgIpc) is 2.89. The van der Waals surface area contributed by atoms with Crippen molar-refractivity contribution in [1.82, 2.24) is 0 Å². The summed E-state index contributed by atoms with van der Waals surface area (Å²) in [7, 11) is 0. The number of ether oxygens (including phenoxy) is 1. The third-order valence-corrected chi connectivity index (χ3v) is 7.43. The largest absolute Gasteiger partial charge is 1.00 e. The van der Waals surface area contributed by atoms with Crippen molar-refractivity contribution in [1.29, 1.82) is 0 Å². The van der Waals surface area contributed by atoms with Gasteiger partial charge in [0.25, 0.3) is 0 Å². The molecule has 0 aliphatic carbocycles. The Morgan fingerprint density at radius 2 is 1.06 bits per heavy atom. The standard InChI is InChI=1S/C29H30NO3.BrH/c31-28(23-12-6-2-7-13-23)25-20-30(16-18-33-19-17-30)21-26(27(25)22-10-4-1-5-11-22)29(32)24-14-8-3-9-15-24;/h1-15,25-27H,16-21H2;1H/q+1;/p-1. The molecule has 0 amide bonds. The van der Waals surface area contributed by atoms with Crippen LogP contribution in [0.25, 0.3) is 0 Å². The molecule has 0 bridgehead atoms. The number of rotatable bonds is 5. The fourth-order valence-electron chi connectivity index (χ4n) is 5.78. The van der Waals surface area contributed by atoms with Gasteiger partial charge in [0.2, 0.25) is 0 Å². The molecule has 5 rings (SSSR count). The molecule has 2 aliphatic heterocycles. The van der Waals surface area contributed by atoms with Gasteiger partial charge in [-0.05, 0) is 5.56 Å². The molecule has 34 heavy (non-hydrogen) atoms. The highest BCUT2D eigenvalue weighted by atomic mass is 79.9. The van der Waals surface area contributed by atoms with Crippen LogP contribution in [-0.4, -0.2) is 55.4 Å². The number of quaternary nitrogens is 1. The van der Waals surface area contributed by atoms with Gasteiger partial charge >= 0.3 is 0 Å². The first-order chi connectivity index (χ1) is 16.2. The van der Waals surface area contributed by atoms with Crippen molar-refractivity contribution in [2.24, 2.45) is 11.8 Å². The second-order valence-electron chi connectivity index (χ2n) is 9.38. The maximum Gasteiger partial charge on any atom is 0.172 e. The second kappa shape index (κ2) is 10.8. The van der Waals surface area contributed by atoms with Gasteiger partial charge in [0, 0.05) is 17.0 Å². The molecular weight excluding hydrogens is 490 g/mol. The molecule has 176 valence electrons. The molecule has 2 unspecified atom stereocenters. The van der Waals surface area contributed by atoms with Gasteiger partial charge in [-0.2, -0.15) is 0 Å². The number of halogens is 1. The van der Waals surface area contributed by atoms with E-state index in [4.69, 9.17) is 4.74 Å². The Balaban J connectivity index is 0.00000274. The van der Waals surface area contributed by atoms with Crippen molar-refractivity contribution in [2.45, 2.75) is 5.92 Å². The Kier molecular flexibility index (Phi) is 7.77. The fourth-order valence-corrected chi connectivity index (χ4v) is 5.78. The predicted octanol–water partition coefficient (Wildman–Crippen LogP) is 1.63. The maximum absolute atomic E-state index is 14.0. The third kappa shape index (κ3) is 4.92. The molecule has 3 aromatic rings. The van der Waals surface area contributed by atoms with Crippen molar-refractivity contribution in [3.05, 3.63) is 108 Å². The van der Waals surface area contributed by atoms with E-state index in [-0.39, 0.29) is 46.3 Å². The number of carbonyl (C=O) groups is 2. The summed E-state index contributed by atoms with van der Waals surface area (Å²) in [5.74, 6) is -0.408. The van der Waals surface area contributed by atoms with Crippen molar-refractivity contribution in [3.63, 3.8) is 0 Å². The highest BCUT2D eigenvalue weighted by Crippen LogP contribution is 2.43. The maximum atomic E-state index is 14.0. The summed E-state index contributed by atoms with van der Waals surface area (Å²) in [5.41, 5.74) is 2.53. The van der Waals surface area contributed by atoms with Gasteiger partial charge in [0.05, 0.1) is 38.1 Å². The van der Waals surface area contributed by atoms with Crippen LogP contribution in [-0.2, 0) is 4.74 Å². The van der Waals surface area contributed by atoms with Gasteiger partial charge in [0.1, 0.15) is 13.1 Å². The van der Waals surface area contributed by atoms with E-state index in [2.05, 4.69) is 12.1 Å². The zero-order chi connectivity index (χ0) is 22.7. The van der Waals surface area contributed by atoms with Gasteiger partial charge in [-0.25, -0.2) is 0 Å². The van der Waals surface area contributed by atoms with Crippen molar-refractivity contribution < 1.29 is 35.8 Å². The molecule has 2 atom stereocenters. The van der Waals surface area contributed by atoms with Crippen LogP contribution in [0.15, 0.2) is 91.0 Å². The molecule has 2 aliphatic rings. The molecule has 2 saturated heterocycles. The molecule has 2 fully saturated rings. The molecule has 0 aromatic heterocycles. The molecule has 4 nitrogen and oxygen atoms in total. The molecular formula is C29H30BrNO3. The van der Waals surface area contributed by atoms with Crippen LogP contribution in [0.2, 0.25) is 0 Å². The van der Waals surface area contributed by atoms with Crippen molar-refractivity contribution in [2.75, 3.05) is 39.4 Å². The first kappa shape index (κ1) is 24.5. The summed E-state index contributed by atoms with van der Waals surface area (Å²) < 4.78 is 6.46. The first-order valence-electron chi connectivity index (χ1n) is 11.8. The lowest BCUT2D eigenvalue weighted by molar-refractivity contribution is -0.944. The highest BCUT2D eigenvalue weighted by molar-refractivity contribution is 6.02. The molecule has 2 heterocycles. The normalized spacial score (nSPS) is 23.6. The summed E-state index contributed by atoms with van der Waals surface area (Å²) in [6.45, 7) is 4.53. The molecule has 1 spiro atoms. The minimum Gasteiger partial charge on any atom is -1.00 e. The Bertz CT molecular complexity index is 1030.